The highest BCUT2D eigenvalue weighted by Gasteiger charge is 2.19. The first-order chi connectivity index (χ1) is 11.8. The van der Waals surface area contributed by atoms with Crippen LogP contribution in [0.25, 0.3) is 0 Å². The summed E-state index contributed by atoms with van der Waals surface area (Å²) in [4.78, 5) is 21.9. The van der Waals surface area contributed by atoms with Gasteiger partial charge in [-0.15, -0.1) is 0 Å². The van der Waals surface area contributed by atoms with Crippen molar-refractivity contribution in [3.63, 3.8) is 0 Å². The zero-order valence-corrected chi connectivity index (χ0v) is 13.0. The van der Waals surface area contributed by atoms with Crippen molar-refractivity contribution in [1.82, 2.24) is 5.32 Å². The summed E-state index contributed by atoms with van der Waals surface area (Å²) in [6, 6.07) is 4.73. The SMILES string of the molecule is C[C@@H](NC(=O)COc1cc(F)ccc1[N+](=O)[O-])c1ccc(F)cc1F. The van der Waals surface area contributed by atoms with E-state index >= 15 is 0 Å². The van der Waals surface area contributed by atoms with Crippen LogP contribution in [0, 0.1) is 27.6 Å². The van der Waals surface area contributed by atoms with Gasteiger partial charge in [-0.2, -0.15) is 0 Å². The normalized spacial score (nSPS) is 11.7. The minimum absolute atomic E-state index is 0.0616. The second-order valence-corrected chi connectivity index (χ2v) is 5.11. The maximum absolute atomic E-state index is 13.6. The summed E-state index contributed by atoms with van der Waals surface area (Å²) in [6.07, 6.45) is 0. The molecule has 132 valence electrons. The first-order valence-electron chi connectivity index (χ1n) is 7.09. The maximum Gasteiger partial charge on any atom is 0.311 e. The maximum atomic E-state index is 13.6. The summed E-state index contributed by atoms with van der Waals surface area (Å²) >= 11 is 0. The topological polar surface area (TPSA) is 81.5 Å². The van der Waals surface area contributed by atoms with Crippen molar-refractivity contribution in [2.45, 2.75) is 13.0 Å². The van der Waals surface area contributed by atoms with Crippen LogP contribution >= 0.6 is 0 Å². The number of rotatable bonds is 6. The van der Waals surface area contributed by atoms with Gasteiger partial charge < -0.3 is 10.1 Å². The Morgan fingerprint density at radius 3 is 2.48 bits per heavy atom. The lowest BCUT2D eigenvalue weighted by Gasteiger charge is -2.15. The molecule has 2 rings (SSSR count). The second kappa shape index (κ2) is 7.65. The number of nitro groups is 1. The molecule has 0 bridgehead atoms. The largest absolute Gasteiger partial charge is 0.477 e. The third kappa shape index (κ3) is 4.69. The number of hydrogen-bond donors (Lipinski definition) is 1. The molecule has 0 aliphatic rings. The van der Waals surface area contributed by atoms with E-state index in [4.69, 9.17) is 4.74 Å². The molecule has 0 aromatic heterocycles. The molecule has 1 N–H and O–H groups in total. The first-order valence-corrected chi connectivity index (χ1v) is 7.09. The standard InChI is InChI=1S/C16H13F3N2O4/c1-9(12-4-2-10(17)6-13(12)19)20-16(22)8-25-15-7-11(18)3-5-14(15)21(23)24/h2-7,9H,8H2,1H3,(H,20,22)/t9-/m1/s1. The third-order valence-corrected chi connectivity index (χ3v) is 3.28. The predicted octanol–water partition coefficient (Wildman–Crippen LogP) is 3.27. The number of ether oxygens (including phenoxy) is 1. The summed E-state index contributed by atoms with van der Waals surface area (Å²) in [6.45, 7) is 0.830. The average molecular weight is 354 g/mol. The number of hydrogen-bond acceptors (Lipinski definition) is 4. The summed E-state index contributed by atoms with van der Waals surface area (Å²) in [7, 11) is 0. The number of nitrogens with zero attached hydrogens (tertiary/aromatic N) is 1. The van der Waals surface area contributed by atoms with Crippen LogP contribution in [0.5, 0.6) is 5.75 Å². The van der Waals surface area contributed by atoms with Gasteiger partial charge >= 0.3 is 5.69 Å². The van der Waals surface area contributed by atoms with E-state index < -0.39 is 52.4 Å². The van der Waals surface area contributed by atoms with E-state index in [0.717, 1.165) is 24.3 Å². The molecule has 0 aliphatic carbocycles. The van der Waals surface area contributed by atoms with Crippen molar-refractivity contribution in [3.05, 3.63) is 69.5 Å². The van der Waals surface area contributed by atoms with Crippen LogP contribution in [0.4, 0.5) is 18.9 Å². The smallest absolute Gasteiger partial charge is 0.311 e. The highest BCUT2D eigenvalue weighted by atomic mass is 19.1. The van der Waals surface area contributed by atoms with Crippen LogP contribution in [0.3, 0.4) is 0 Å². The fourth-order valence-electron chi connectivity index (χ4n) is 2.11. The van der Waals surface area contributed by atoms with Crippen LogP contribution in [0.15, 0.2) is 36.4 Å². The lowest BCUT2D eigenvalue weighted by molar-refractivity contribution is -0.385. The molecule has 0 saturated heterocycles. The van der Waals surface area contributed by atoms with E-state index in [1.54, 1.807) is 0 Å². The van der Waals surface area contributed by atoms with Gasteiger partial charge in [-0.25, -0.2) is 13.2 Å². The van der Waals surface area contributed by atoms with E-state index in [1.165, 1.54) is 13.0 Å². The van der Waals surface area contributed by atoms with Gasteiger partial charge in [0, 0.05) is 23.8 Å². The lowest BCUT2D eigenvalue weighted by atomic mass is 10.1. The minimum Gasteiger partial charge on any atom is -0.477 e. The van der Waals surface area contributed by atoms with Crippen molar-refractivity contribution < 1.29 is 27.6 Å². The fourth-order valence-corrected chi connectivity index (χ4v) is 2.11. The van der Waals surface area contributed by atoms with E-state index in [2.05, 4.69) is 5.32 Å². The molecule has 0 radical (unpaired) electrons. The van der Waals surface area contributed by atoms with E-state index in [1.807, 2.05) is 0 Å². The molecule has 2 aromatic rings. The highest BCUT2D eigenvalue weighted by molar-refractivity contribution is 5.78. The van der Waals surface area contributed by atoms with Crippen LogP contribution in [0.2, 0.25) is 0 Å². The molecule has 6 nitrogen and oxygen atoms in total. The van der Waals surface area contributed by atoms with Gasteiger partial charge in [-0.1, -0.05) is 6.07 Å². The number of carbonyl (C=O) groups excluding carboxylic acids is 1. The molecule has 1 amide bonds. The molecule has 0 heterocycles. The quantitative estimate of drug-likeness (QED) is 0.638. The second-order valence-electron chi connectivity index (χ2n) is 5.11. The Bertz CT molecular complexity index is 814. The Morgan fingerprint density at radius 1 is 1.20 bits per heavy atom. The van der Waals surface area contributed by atoms with Crippen LogP contribution in [-0.2, 0) is 4.79 Å². The Morgan fingerprint density at radius 2 is 1.84 bits per heavy atom. The van der Waals surface area contributed by atoms with E-state index in [-0.39, 0.29) is 5.56 Å². The van der Waals surface area contributed by atoms with Crippen LogP contribution < -0.4 is 10.1 Å². The summed E-state index contributed by atoms with van der Waals surface area (Å²) in [5.41, 5.74) is -0.432. The number of carbonyl (C=O) groups is 1. The van der Waals surface area contributed by atoms with Gasteiger partial charge in [0.2, 0.25) is 5.75 Å². The van der Waals surface area contributed by atoms with Gasteiger partial charge in [0.15, 0.2) is 6.61 Å². The molecule has 9 heteroatoms. The molecule has 25 heavy (non-hydrogen) atoms. The van der Waals surface area contributed by atoms with Gasteiger partial charge in [0.05, 0.1) is 11.0 Å². The molecule has 1 atom stereocenters. The first kappa shape index (κ1) is 18.2. The molecular formula is C16H13F3N2O4. The molecule has 0 aliphatic heterocycles. The van der Waals surface area contributed by atoms with Crippen molar-refractivity contribution in [1.29, 1.82) is 0 Å². The Labute approximate surface area is 140 Å². The van der Waals surface area contributed by atoms with Crippen molar-refractivity contribution in [2.75, 3.05) is 6.61 Å². The average Bonchev–Trinajstić information content (AvgIpc) is 2.52. The van der Waals surface area contributed by atoms with Gasteiger partial charge in [-0.05, 0) is 19.1 Å². The molecule has 0 unspecified atom stereocenters. The number of nitro benzene ring substituents is 1. The Kier molecular flexibility index (Phi) is 5.58. The minimum atomic E-state index is -0.825. The van der Waals surface area contributed by atoms with Gasteiger partial charge in [-0.3, -0.25) is 14.9 Å². The van der Waals surface area contributed by atoms with Crippen molar-refractivity contribution in [2.24, 2.45) is 0 Å². The Hall–Kier alpha value is -3.10. The van der Waals surface area contributed by atoms with Crippen LogP contribution in [0.1, 0.15) is 18.5 Å². The lowest BCUT2D eigenvalue weighted by Crippen LogP contribution is -2.31. The highest BCUT2D eigenvalue weighted by Crippen LogP contribution is 2.27. The fraction of sp³-hybridized carbons (Fsp3) is 0.188. The van der Waals surface area contributed by atoms with E-state index in [9.17, 15) is 28.1 Å². The van der Waals surface area contributed by atoms with Crippen molar-refractivity contribution >= 4 is 11.6 Å². The summed E-state index contributed by atoms with van der Waals surface area (Å²) < 4.78 is 44.7. The van der Waals surface area contributed by atoms with Gasteiger partial charge in [0.25, 0.3) is 5.91 Å². The number of amides is 1. The Balaban J connectivity index is 2.01. The monoisotopic (exact) mass is 354 g/mol. The summed E-state index contributed by atoms with van der Waals surface area (Å²) in [5, 5.41) is 13.2. The van der Waals surface area contributed by atoms with Gasteiger partial charge in [0.1, 0.15) is 17.5 Å². The molecule has 0 spiro atoms. The van der Waals surface area contributed by atoms with Crippen LogP contribution in [-0.4, -0.2) is 17.4 Å². The molecular weight excluding hydrogens is 341 g/mol. The molecule has 0 fully saturated rings. The molecule has 2 aromatic carbocycles. The zero-order chi connectivity index (χ0) is 18.6. The molecule has 0 saturated carbocycles. The number of nitrogens with one attached hydrogen (secondary N) is 1. The number of benzene rings is 2. The predicted molar refractivity (Wildman–Crippen MR) is 81.5 cm³/mol. The third-order valence-electron chi connectivity index (χ3n) is 3.28. The summed E-state index contributed by atoms with van der Waals surface area (Å²) in [5.74, 6) is -3.45. The van der Waals surface area contributed by atoms with E-state index in [0.29, 0.717) is 6.07 Å². The number of halogens is 3. The van der Waals surface area contributed by atoms with Crippen molar-refractivity contribution in [3.8, 4) is 5.75 Å². The zero-order valence-electron chi connectivity index (χ0n) is 13.0.